The molecule has 0 aliphatic heterocycles. The average molecular weight is 193 g/mol. The van der Waals surface area contributed by atoms with Crippen LogP contribution in [0.2, 0.25) is 0 Å². The zero-order valence-electron chi connectivity index (χ0n) is 7.51. The normalized spacial score (nSPS) is 9.86. The van der Waals surface area contributed by atoms with Gasteiger partial charge in [-0.1, -0.05) is 0 Å². The highest BCUT2D eigenvalue weighted by atomic mass is 16.3. The third-order valence-electron chi connectivity index (χ3n) is 1.69. The lowest BCUT2D eigenvalue weighted by Crippen LogP contribution is -2.27. The van der Waals surface area contributed by atoms with E-state index in [1.807, 2.05) is 6.07 Å². The van der Waals surface area contributed by atoms with Crippen LogP contribution in [0.1, 0.15) is 5.69 Å². The maximum Gasteiger partial charge on any atom is 0.140 e. The van der Waals surface area contributed by atoms with Crippen LogP contribution in [0.15, 0.2) is 18.3 Å². The Kier molecular flexibility index (Phi) is 3.85. The van der Waals surface area contributed by atoms with Crippen molar-refractivity contribution in [2.45, 2.75) is 6.04 Å². The zero-order chi connectivity index (χ0) is 10.4. The van der Waals surface area contributed by atoms with E-state index in [0.717, 1.165) is 0 Å². The minimum atomic E-state index is -0.398. The maximum atomic E-state index is 8.79. The largest absolute Gasteiger partial charge is 0.394 e. The van der Waals surface area contributed by atoms with Gasteiger partial charge < -0.3 is 15.5 Å². The second-order valence-corrected chi connectivity index (χ2v) is 2.75. The molecule has 1 rings (SSSR count). The van der Waals surface area contributed by atoms with Gasteiger partial charge in [-0.05, 0) is 12.1 Å². The van der Waals surface area contributed by atoms with Crippen molar-refractivity contribution < 1.29 is 10.2 Å². The predicted octanol–water partition coefficient (Wildman–Crippen LogP) is -0.282. The highest BCUT2D eigenvalue weighted by Gasteiger charge is 2.04. The third kappa shape index (κ3) is 2.69. The number of nitriles is 1. The molecule has 1 aromatic rings. The van der Waals surface area contributed by atoms with Crippen LogP contribution in [0, 0.1) is 11.3 Å². The molecule has 0 spiro atoms. The summed E-state index contributed by atoms with van der Waals surface area (Å²) in [6.45, 7) is -0.312. The van der Waals surface area contributed by atoms with Crippen LogP contribution in [0.3, 0.4) is 0 Å². The summed E-state index contributed by atoms with van der Waals surface area (Å²) in [5.41, 5.74) is 0.997. The van der Waals surface area contributed by atoms with Crippen LogP contribution >= 0.6 is 0 Å². The van der Waals surface area contributed by atoms with Crippen molar-refractivity contribution in [3.8, 4) is 6.07 Å². The van der Waals surface area contributed by atoms with Gasteiger partial charge in [-0.2, -0.15) is 5.26 Å². The molecule has 0 amide bonds. The van der Waals surface area contributed by atoms with E-state index in [0.29, 0.717) is 11.4 Å². The summed E-state index contributed by atoms with van der Waals surface area (Å²) in [5, 5.41) is 28.9. The van der Waals surface area contributed by atoms with Gasteiger partial charge in [-0.15, -0.1) is 0 Å². The first-order valence-corrected chi connectivity index (χ1v) is 4.14. The molecule has 3 N–H and O–H groups in total. The van der Waals surface area contributed by atoms with E-state index in [1.165, 1.54) is 6.20 Å². The summed E-state index contributed by atoms with van der Waals surface area (Å²) < 4.78 is 0. The minimum absolute atomic E-state index is 0.156. The number of nitrogens with zero attached hydrogens (tertiary/aromatic N) is 2. The molecule has 0 aromatic carbocycles. The molecule has 0 atom stereocenters. The smallest absolute Gasteiger partial charge is 0.140 e. The van der Waals surface area contributed by atoms with Gasteiger partial charge in [-0.25, -0.2) is 4.98 Å². The Balaban J connectivity index is 2.64. The molecule has 0 saturated carbocycles. The molecule has 1 heterocycles. The predicted molar refractivity (Wildman–Crippen MR) is 50.5 cm³/mol. The molecule has 0 fully saturated rings. The maximum absolute atomic E-state index is 8.79. The van der Waals surface area contributed by atoms with Crippen molar-refractivity contribution in [2.24, 2.45) is 0 Å². The summed E-state index contributed by atoms with van der Waals surface area (Å²) in [4.78, 5) is 3.83. The van der Waals surface area contributed by atoms with Gasteiger partial charge in [0.1, 0.15) is 11.8 Å². The molecule has 14 heavy (non-hydrogen) atoms. The molecule has 74 valence electrons. The molecule has 0 aliphatic carbocycles. The van der Waals surface area contributed by atoms with Crippen molar-refractivity contribution in [1.29, 1.82) is 5.26 Å². The molecule has 0 saturated heterocycles. The van der Waals surface area contributed by atoms with Gasteiger partial charge in [-0.3, -0.25) is 0 Å². The lowest BCUT2D eigenvalue weighted by molar-refractivity contribution is 0.204. The van der Waals surface area contributed by atoms with Gasteiger partial charge in [0.05, 0.1) is 31.1 Å². The van der Waals surface area contributed by atoms with E-state index >= 15 is 0 Å². The van der Waals surface area contributed by atoms with E-state index in [-0.39, 0.29) is 13.2 Å². The Bertz CT molecular complexity index is 314. The van der Waals surface area contributed by atoms with E-state index < -0.39 is 6.04 Å². The lowest BCUT2D eigenvalue weighted by atomic mass is 10.3. The molecule has 0 aliphatic rings. The van der Waals surface area contributed by atoms with E-state index in [2.05, 4.69) is 10.3 Å². The van der Waals surface area contributed by atoms with Gasteiger partial charge in [0, 0.05) is 0 Å². The van der Waals surface area contributed by atoms with Gasteiger partial charge in [0.25, 0.3) is 0 Å². The third-order valence-corrected chi connectivity index (χ3v) is 1.69. The zero-order valence-corrected chi connectivity index (χ0v) is 7.51. The molecule has 5 nitrogen and oxygen atoms in total. The highest BCUT2D eigenvalue weighted by Crippen LogP contribution is 2.06. The van der Waals surface area contributed by atoms with Crippen molar-refractivity contribution in [2.75, 3.05) is 18.5 Å². The SMILES string of the molecule is N#Cc1ccc(NC(CO)CO)cn1. The standard InChI is InChI=1S/C9H11N3O2/c10-3-7-1-2-8(4-11-7)12-9(5-13)6-14/h1-2,4,9,12-14H,5-6H2. The Hall–Kier alpha value is -1.64. The van der Waals surface area contributed by atoms with Crippen LogP contribution in [0.25, 0.3) is 0 Å². The second-order valence-electron chi connectivity index (χ2n) is 2.75. The van der Waals surface area contributed by atoms with Crippen molar-refractivity contribution in [3.63, 3.8) is 0 Å². The summed E-state index contributed by atoms with van der Waals surface area (Å²) in [6.07, 6.45) is 1.48. The first-order valence-electron chi connectivity index (χ1n) is 4.14. The summed E-state index contributed by atoms with van der Waals surface area (Å²) in [7, 11) is 0. The fourth-order valence-electron chi connectivity index (χ4n) is 0.930. The van der Waals surface area contributed by atoms with Crippen molar-refractivity contribution >= 4 is 5.69 Å². The first kappa shape index (κ1) is 10.4. The quantitative estimate of drug-likeness (QED) is 0.612. The van der Waals surface area contributed by atoms with E-state index in [4.69, 9.17) is 15.5 Å². The van der Waals surface area contributed by atoms with Crippen LogP contribution in [-0.2, 0) is 0 Å². The van der Waals surface area contributed by atoms with Crippen LogP contribution < -0.4 is 5.32 Å². The monoisotopic (exact) mass is 193 g/mol. The first-order chi connectivity index (χ1) is 6.80. The summed E-state index contributed by atoms with van der Waals surface area (Å²) in [6, 6.07) is 4.73. The summed E-state index contributed by atoms with van der Waals surface area (Å²) >= 11 is 0. The Morgan fingerprint density at radius 3 is 2.57 bits per heavy atom. The fraction of sp³-hybridized carbons (Fsp3) is 0.333. The number of aromatic nitrogens is 1. The summed E-state index contributed by atoms with van der Waals surface area (Å²) in [5.74, 6) is 0. The second kappa shape index (κ2) is 5.17. The number of hydrogen-bond acceptors (Lipinski definition) is 5. The molecule has 0 radical (unpaired) electrons. The topological polar surface area (TPSA) is 89.2 Å². The van der Waals surface area contributed by atoms with Crippen LogP contribution in [0.5, 0.6) is 0 Å². The fourth-order valence-corrected chi connectivity index (χ4v) is 0.930. The van der Waals surface area contributed by atoms with Gasteiger partial charge in [0.2, 0.25) is 0 Å². The number of anilines is 1. The number of hydrogen-bond donors (Lipinski definition) is 3. The lowest BCUT2D eigenvalue weighted by Gasteiger charge is -2.13. The molecule has 5 heteroatoms. The molecule has 0 bridgehead atoms. The number of pyridine rings is 1. The molecular weight excluding hydrogens is 182 g/mol. The Morgan fingerprint density at radius 1 is 1.43 bits per heavy atom. The Morgan fingerprint density at radius 2 is 2.14 bits per heavy atom. The van der Waals surface area contributed by atoms with Crippen LogP contribution in [0.4, 0.5) is 5.69 Å². The van der Waals surface area contributed by atoms with Gasteiger partial charge >= 0.3 is 0 Å². The van der Waals surface area contributed by atoms with Gasteiger partial charge in [0.15, 0.2) is 0 Å². The number of nitrogens with one attached hydrogen (secondary N) is 1. The minimum Gasteiger partial charge on any atom is -0.394 e. The highest BCUT2D eigenvalue weighted by molar-refractivity contribution is 5.43. The number of rotatable bonds is 4. The van der Waals surface area contributed by atoms with Crippen molar-refractivity contribution in [3.05, 3.63) is 24.0 Å². The molecule has 1 aromatic heterocycles. The number of aliphatic hydroxyl groups excluding tert-OH is 2. The van der Waals surface area contributed by atoms with Crippen LogP contribution in [-0.4, -0.2) is 34.5 Å². The molecule has 0 unspecified atom stereocenters. The Labute approximate surface area is 81.6 Å². The number of aliphatic hydroxyl groups is 2. The van der Waals surface area contributed by atoms with Crippen molar-refractivity contribution in [1.82, 2.24) is 4.98 Å². The van der Waals surface area contributed by atoms with E-state index in [1.54, 1.807) is 12.1 Å². The molecular formula is C9H11N3O2. The van der Waals surface area contributed by atoms with E-state index in [9.17, 15) is 0 Å². The average Bonchev–Trinajstić information content (AvgIpc) is 2.26.